The van der Waals surface area contributed by atoms with Crippen LogP contribution >= 0.6 is 0 Å². The summed E-state index contributed by atoms with van der Waals surface area (Å²) in [5.41, 5.74) is 2.11. The van der Waals surface area contributed by atoms with Gasteiger partial charge in [0.2, 0.25) is 0 Å². The van der Waals surface area contributed by atoms with Crippen molar-refractivity contribution in [1.82, 2.24) is 0 Å². The second-order valence-corrected chi connectivity index (χ2v) is 5.38. The first-order chi connectivity index (χ1) is 10.1. The van der Waals surface area contributed by atoms with Crippen LogP contribution in [-0.4, -0.2) is 17.0 Å². The summed E-state index contributed by atoms with van der Waals surface area (Å²) in [6.45, 7) is 0. The van der Waals surface area contributed by atoms with Crippen LogP contribution in [0.15, 0.2) is 48.1 Å². The number of rotatable bonds is 4. The Hall–Kier alpha value is -2.43. The van der Waals surface area contributed by atoms with Crippen molar-refractivity contribution in [2.24, 2.45) is 5.92 Å². The number of benzene rings is 1. The summed E-state index contributed by atoms with van der Waals surface area (Å²) in [4.78, 5) is 21.8. The molecule has 1 aromatic rings. The topological polar surface area (TPSA) is 69.4 Å². The van der Waals surface area contributed by atoms with Crippen molar-refractivity contribution in [2.45, 2.75) is 25.4 Å². The van der Waals surface area contributed by atoms with Crippen LogP contribution in [0.1, 0.15) is 18.4 Å². The van der Waals surface area contributed by atoms with Crippen molar-refractivity contribution >= 4 is 11.7 Å². The van der Waals surface area contributed by atoms with Gasteiger partial charge in [-0.25, -0.2) is 0 Å². The highest BCUT2D eigenvalue weighted by Crippen LogP contribution is 2.33. The van der Waals surface area contributed by atoms with Crippen molar-refractivity contribution in [2.75, 3.05) is 0 Å². The maximum atomic E-state index is 11.4. The van der Waals surface area contributed by atoms with Crippen molar-refractivity contribution in [3.63, 3.8) is 0 Å². The van der Waals surface area contributed by atoms with Crippen LogP contribution in [0.4, 0.5) is 5.69 Å². The Morgan fingerprint density at radius 1 is 1.43 bits per heavy atom. The van der Waals surface area contributed by atoms with Gasteiger partial charge in [0.05, 0.1) is 10.8 Å². The van der Waals surface area contributed by atoms with Gasteiger partial charge in [-0.1, -0.05) is 30.4 Å². The van der Waals surface area contributed by atoms with E-state index in [4.69, 9.17) is 4.74 Å². The summed E-state index contributed by atoms with van der Waals surface area (Å²) in [5.74, 6) is -0.219. The van der Waals surface area contributed by atoms with E-state index in [0.29, 0.717) is 6.42 Å². The van der Waals surface area contributed by atoms with Crippen LogP contribution in [-0.2, 0) is 16.0 Å². The number of nitro groups is 1. The monoisotopic (exact) mass is 285 g/mol. The van der Waals surface area contributed by atoms with Crippen LogP contribution in [0, 0.1) is 16.0 Å². The third-order valence-corrected chi connectivity index (χ3v) is 3.79. The fourth-order valence-corrected chi connectivity index (χ4v) is 2.80. The maximum absolute atomic E-state index is 11.4. The van der Waals surface area contributed by atoms with E-state index in [2.05, 4.69) is 0 Å². The second-order valence-electron chi connectivity index (χ2n) is 5.38. The Balaban J connectivity index is 1.65. The molecule has 1 aliphatic heterocycles. The quantitative estimate of drug-likeness (QED) is 0.484. The number of fused-ring (bicyclic) bond motifs is 2. The van der Waals surface area contributed by atoms with E-state index in [1.54, 1.807) is 12.1 Å². The SMILES string of the molecule is O=C1OC2CC(/C=C/Cc3cccc([N+](=O)[O-])c3)=C[C@@H]1C2. The van der Waals surface area contributed by atoms with E-state index in [1.807, 2.05) is 24.3 Å². The van der Waals surface area contributed by atoms with Gasteiger partial charge < -0.3 is 4.74 Å². The molecule has 1 heterocycles. The van der Waals surface area contributed by atoms with Gasteiger partial charge in [-0.2, -0.15) is 0 Å². The first-order valence-corrected chi connectivity index (χ1v) is 6.93. The lowest BCUT2D eigenvalue weighted by Gasteiger charge is -2.13. The number of ether oxygens (including phenoxy) is 1. The predicted molar refractivity (Wildman–Crippen MR) is 76.6 cm³/mol. The molecule has 2 aliphatic rings. The maximum Gasteiger partial charge on any atom is 0.313 e. The molecule has 1 fully saturated rings. The van der Waals surface area contributed by atoms with Crippen LogP contribution in [0.3, 0.4) is 0 Å². The first kappa shape index (κ1) is 13.5. The number of hydrogen-bond acceptors (Lipinski definition) is 4. The van der Waals surface area contributed by atoms with E-state index in [0.717, 1.165) is 24.0 Å². The lowest BCUT2D eigenvalue weighted by atomic mass is 9.91. The highest BCUT2D eigenvalue weighted by molar-refractivity contribution is 5.77. The van der Waals surface area contributed by atoms with Gasteiger partial charge in [-0.3, -0.25) is 14.9 Å². The molecule has 2 atom stereocenters. The number of allylic oxidation sites excluding steroid dienone is 2. The third kappa shape index (κ3) is 3.02. The molecule has 5 heteroatoms. The smallest absolute Gasteiger partial charge is 0.313 e. The molecule has 108 valence electrons. The lowest BCUT2D eigenvalue weighted by molar-refractivity contribution is -0.384. The predicted octanol–water partition coefficient (Wildman–Crippen LogP) is 2.96. The standard InChI is InChI=1S/C16H15NO4/c18-16-13-7-12(9-15(10-13)21-16)5-1-3-11-4-2-6-14(8-11)17(19)20/h1-2,4-8,13,15H,3,9-10H2/b5-1+/t13-,15?/m1/s1. The first-order valence-electron chi connectivity index (χ1n) is 6.93. The number of non-ortho nitro benzene ring substituents is 1. The molecule has 1 unspecified atom stereocenters. The highest BCUT2D eigenvalue weighted by atomic mass is 16.6. The minimum Gasteiger partial charge on any atom is -0.462 e. The van der Waals surface area contributed by atoms with Gasteiger partial charge in [-0.15, -0.1) is 0 Å². The van der Waals surface area contributed by atoms with Crippen molar-refractivity contribution < 1.29 is 14.5 Å². The molecule has 21 heavy (non-hydrogen) atoms. The molecule has 0 spiro atoms. The summed E-state index contributed by atoms with van der Waals surface area (Å²) in [5, 5.41) is 10.7. The van der Waals surface area contributed by atoms with Crippen LogP contribution in [0.5, 0.6) is 0 Å². The molecule has 1 aromatic carbocycles. The van der Waals surface area contributed by atoms with Crippen LogP contribution < -0.4 is 0 Å². The number of carbonyl (C=O) groups is 1. The van der Waals surface area contributed by atoms with Crippen LogP contribution in [0.25, 0.3) is 0 Å². The molecule has 0 aromatic heterocycles. The van der Waals surface area contributed by atoms with E-state index >= 15 is 0 Å². The zero-order valence-electron chi connectivity index (χ0n) is 11.4. The number of nitrogens with zero attached hydrogens (tertiary/aromatic N) is 1. The summed E-state index contributed by atoms with van der Waals surface area (Å²) in [6.07, 6.45) is 8.12. The molecule has 0 amide bonds. The van der Waals surface area contributed by atoms with E-state index in [1.165, 1.54) is 6.07 Å². The molecular formula is C16H15NO4. The molecular weight excluding hydrogens is 270 g/mol. The lowest BCUT2D eigenvalue weighted by Crippen LogP contribution is -2.09. The fraction of sp³-hybridized carbons (Fsp3) is 0.312. The number of nitro benzene ring substituents is 1. The molecule has 1 saturated heterocycles. The molecule has 0 radical (unpaired) electrons. The zero-order valence-corrected chi connectivity index (χ0v) is 11.4. The molecule has 3 rings (SSSR count). The molecule has 0 saturated carbocycles. The Morgan fingerprint density at radius 3 is 3.05 bits per heavy atom. The number of carbonyl (C=O) groups excluding carboxylic acids is 1. The molecule has 2 bridgehead atoms. The van der Waals surface area contributed by atoms with Gasteiger partial charge in [0.1, 0.15) is 6.10 Å². The Labute approximate surface area is 122 Å². The third-order valence-electron chi connectivity index (χ3n) is 3.79. The normalized spacial score (nSPS) is 24.0. The Bertz CT molecular complexity index is 647. The van der Waals surface area contributed by atoms with Crippen LogP contribution in [0.2, 0.25) is 0 Å². The molecule has 1 aliphatic carbocycles. The van der Waals surface area contributed by atoms with Crippen molar-refractivity contribution in [3.05, 3.63) is 63.7 Å². The zero-order chi connectivity index (χ0) is 14.8. The minimum atomic E-state index is -0.391. The second kappa shape index (κ2) is 5.52. The minimum absolute atomic E-state index is 0.0185. The Morgan fingerprint density at radius 2 is 2.29 bits per heavy atom. The highest BCUT2D eigenvalue weighted by Gasteiger charge is 2.36. The van der Waals surface area contributed by atoms with Crippen molar-refractivity contribution in [3.8, 4) is 0 Å². The van der Waals surface area contributed by atoms with Crippen molar-refractivity contribution in [1.29, 1.82) is 0 Å². The van der Waals surface area contributed by atoms with E-state index < -0.39 is 4.92 Å². The van der Waals surface area contributed by atoms with Gasteiger partial charge in [0.15, 0.2) is 0 Å². The Kier molecular flexibility index (Phi) is 3.56. The van der Waals surface area contributed by atoms with E-state index in [-0.39, 0.29) is 23.7 Å². The molecule has 0 N–H and O–H groups in total. The van der Waals surface area contributed by atoms with Gasteiger partial charge >= 0.3 is 5.97 Å². The number of esters is 1. The largest absolute Gasteiger partial charge is 0.462 e. The van der Waals surface area contributed by atoms with Gasteiger partial charge in [0, 0.05) is 25.0 Å². The summed E-state index contributed by atoms with van der Waals surface area (Å²) < 4.78 is 5.22. The number of hydrogen-bond donors (Lipinski definition) is 0. The average Bonchev–Trinajstić information content (AvgIpc) is 2.72. The summed E-state index contributed by atoms with van der Waals surface area (Å²) >= 11 is 0. The van der Waals surface area contributed by atoms with Gasteiger partial charge in [0.25, 0.3) is 5.69 Å². The average molecular weight is 285 g/mol. The fourth-order valence-electron chi connectivity index (χ4n) is 2.80. The summed E-state index contributed by atoms with van der Waals surface area (Å²) in [7, 11) is 0. The van der Waals surface area contributed by atoms with E-state index in [9.17, 15) is 14.9 Å². The van der Waals surface area contributed by atoms with Gasteiger partial charge in [-0.05, 0) is 17.6 Å². The summed E-state index contributed by atoms with van der Waals surface area (Å²) in [6, 6.07) is 6.62. The molecule has 5 nitrogen and oxygen atoms in total.